The minimum Gasteiger partial charge on any atom is -0.494 e. The van der Waals surface area contributed by atoms with E-state index < -0.39 is 26.3 Å². The third kappa shape index (κ3) is 10.9. The van der Waals surface area contributed by atoms with E-state index in [1.54, 1.807) is 12.1 Å². The molecule has 0 heterocycles. The normalized spacial score (nSPS) is 11.4. The molecule has 0 unspecified atom stereocenters. The molecule has 0 saturated carbocycles. The van der Waals surface area contributed by atoms with Crippen LogP contribution in [0, 0.1) is 0 Å². The zero-order valence-corrected chi connectivity index (χ0v) is 30.6. The summed E-state index contributed by atoms with van der Waals surface area (Å²) in [7, 11) is -6.00. The minimum absolute atomic E-state index is 0. The summed E-state index contributed by atoms with van der Waals surface area (Å²) >= 11 is 0. The first-order valence-electron chi connectivity index (χ1n) is 12.3. The summed E-state index contributed by atoms with van der Waals surface area (Å²) in [5.41, 5.74) is 1.65. The van der Waals surface area contributed by atoms with Gasteiger partial charge < -0.3 is 20.1 Å². The van der Waals surface area contributed by atoms with Crippen LogP contribution in [0.25, 0.3) is 0 Å². The average Bonchev–Trinajstić information content (AvgIpc) is 2.99. The third-order valence-electron chi connectivity index (χ3n) is 5.66. The number of methoxy groups -OCH3 is 2. The van der Waals surface area contributed by atoms with Gasteiger partial charge >= 0.3 is 6.03 Å². The van der Waals surface area contributed by atoms with E-state index in [0.717, 1.165) is 12.1 Å². The van der Waals surface area contributed by atoms with Gasteiger partial charge in [-0.3, -0.25) is 9.11 Å². The molecule has 15 nitrogen and oxygen atoms in total. The van der Waals surface area contributed by atoms with Gasteiger partial charge in [-0.1, -0.05) is 12.1 Å². The molecule has 0 aliphatic rings. The number of carbonyl (C=O) groups excluding carboxylic acids is 1. The molecule has 0 saturated heterocycles. The van der Waals surface area contributed by atoms with Crippen LogP contribution >= 0.6 is 0 Å². The van der Waals surface area contributed by atoms with Crippen LogP contribution in [0.4, 0.5) is 38.9 Å². The van der Waals surface area contributed by atoms with Gasteiger partial charge in [0.2, 0.25) is 0 Å². The zero-order valence-electron chi connectivity index (χ0n) is 24.9. The largest absolute Gasteiger partial charge is 0.494 e. The number of ether oxygens (including phenoxy) is 2. The van der Waals surface area contributed by atoms with Crippen molar-refractivity contribution in [1.29, 1.82) is 0 Å². The summed E-state index contributed by atoms with van der Waals surface area (Å²) < 4.78 is 74.4. The summed E-state index contributed by atoms with van der Waals surface area (Å²) in [6, 6.07) is 19.1. The number of amides is 2. The second kappa shape index (κ2) is 17.1. The Morgan fingerprint density at radius 3 is 1.26 bits per heavy atom. The Labute approximate surface area is 308 Å². The van der Waals surface area contributed by atoms with E-state index in [1.807, 2.05) is 0 Å². The summed E-state index contributed by atoms with van der Waals surface area (Å²) in [6.07, 6.45) is 0. The van der Waals surface area contributed by atoms with Gasteiger partial charge in [0, 0.05) is 71.2 Å². The van der Waals surface area contributed by atoms with E-state index >= 15 is 0 Å². The Kier molecular flexibility index (Phi) is 14.5. The molecule has 0 fully saturated rings. The van der Waals surface area contributed by atoms with Crippen LogP contribution in [0.1, 0.15) is 0 Å². The van der Waals surface area contributed by atoms with Gasteiger partial charge in [-0.25, -0.2) is 4.79 Å². The van der Waals surface area contributed by atoms with Crippen molar-refractivity contribution in [3.8, 4) is 11.5 Å². The van der Waals surface area contributed by atoms with Crippen molar-refractivity contribution in [2.24, 2.45) is 20.5 Å². The summed E-state index contributed by atoms with van der Waals surface area (Å²) in [5, 5.41) is 21.4. The van der Waals surface area contributed by atoms with Crippen molar-refractivity contribution in [3.63, 3.8) is 0 Å². The van der Waals surface area contributed by atoms with Crippen LogP contribution in [0.3, 0.4) is 0 Å². The third-order valence-corrected chi connectivity index (χ3v) is 7.36. The molecule has 4 aromatic rings. The predicted octanol–water partition coefficient (Wildman–Crippen LogP) is 5.91. The number of benzene rings is 4. The molecule has 0 aliphatic carbocycles. The molecule has 2 radical (unpaired) electrons. The average molecular weight is 687 g/mol. The van der Waals surface area contributed by atoms with Gasteiger partial charge in [0.15, 0.2) is 0 Å². The molecule has 0 aliphatic heterocycles. The second-order valence-electron chi connectivity index (χ2n) is 8.69. The number of urea groups is 1. The zero-order chi connectivity index (χ0) is 31.9. The number of hydrogen-bond acceptors (Lipinski definition) is 11. The monoisotopic (exact) mass is 686 g/mol. The van der Waals surface area contributed by atoms with Crippen LogP contribution in [-0.4, -0.2) is 105 Å². The molecular weight excluding hydrogens is 662 g/mol. The minimum atomic E-state index is -4.39. The van der Waals surface area contributed by atoms with Crippen LogP contribution in [0.5, 0.6) is 11.5 Å². The molecule has 230 valence electrons. The number of nitrogens with zero attached hydrogens (tertiary/aromatic N) is 4. The number of hydrogen-bond donors (Lipinski definition) is 4. The van der Waals surface area contributed by atoms with Crippen LogP contribution < -0.4 is 20.1 Å². The topological polar surface area (TPSA) is 218 Å². The molecule has 46 heavy (non-hydrogen) atoms. The number of carbonyl (C=O) groups is 1. The van der Waals surface area contributed by atoms with Gasteiger partial charge in [0.05, 0.1) is 58.1 Å². The van der Waals surface area contributed by atoms with Gasteiger partial charge in [0.25, 0.3) is 20.2 Å². The summed E-state index contributed by atoms with van der Waals surface area (Å²) in [6.45, 7) is 0. The van der Waals surface area contributed by atoms with Crippen LogP contribution in [0.15, 0.2) is 115 Å². The van der Waals surface area contributed by atoms with Gasteiger partial charge in [-0.05, 0) is 60.7 Å². The van der Waals surface area contributed by atoms with Crippen molar-refractivity contribution in [2.75, 3.05) is 24.9 Å². The Morgan fingerprint density at radius 1 is 0.587 bits per heavy atom. The van der Waals surface area contributed by atoms with Crippen molar-refractivity contribution in [1.82, 2.24) is 0 Å². The standard InChI is InChI=1S/C27H24N6O9S2.2Na/c1-41-25-15-19(32-30-17-5-3-7-21(13-17)43(35,36)37)9-11-23(25)28-27(34)29-24-12-10-20(16-26(24)42-2)33-31-18-6-4-8-22(14-18)44(38,39)40;;/h3-16H,1-2H3,(H2,28,29,34)(H,35,36,37)(H,38,39,40);;. The Bertz CT molecular complexity index is 1850. The maximum absolute atomic E-state index is 12.8. The van der Waals surface area contributed by atoms with Gasteiger partial charge in [-0.15, -0.1) is 0 Å². The Balaban J connectivity index is 0.00000368. The fraction of sp³-hybridized carbons (Fsp3) is 0.0741. The molecule has 4 N–H and O–H groups in total. The molecule has 4 rings (SSSR count). The maximum atomic E-state index is 12.8. The van der Waals surface area contributed by atoms with E-state index in [-0.39, 0.29) is 91.8 Å². The smallest absolute Gasteiger partial charge is 0.323 e. The fourth-order valence-corrected chi connectivity index (χ4v) is 4.65. The van der Waals surface area contributed by atoms with E-state index in [9.17, 15) is 30.7 Å². The molecule has 2 amide bonds. The van der Waals surface area contributed by atoms with Crippen LogP contribution in [0.2, 0.25) is 0 Å². The van der Waals surface area contributed by atoms with Crippen LogP contribution in [-0.2, 0) is 20.2 Å². The Morgan fingerprint density at radius 2 is 0.935 bits per heavy atom. The predicted molar refractivity (Wildman–Crippen MR) is 171 cm³/mol. The number of anilines is 2. The van der Waals surface area contributed by atoms with Crippen molar-refractivity contribution >= 4 is 120 Å². The van der Waals surface area contributed by atoms with E-state index in [4.69, 9.17) is 9.47 Å². The SMILES string of the molecule is COc1cc(N=Nc2cccc(S(=O)(=O)O)c2)ccc1NC(=O)Nc1ccc(N=Nc2cccc(S(=O)(=O)O)c2)cc1OC.[Na].[Na]. The molecular formula is C27H24N6Na2O9S2. The molecule has 0 spiro atoms. The molecule has 19 heteroatoms. The number of nitrogens with one attached hydrogen (secondary N) is 2. The van der Waals surface area contributed by atoms with Crippen molar-refractivity contribution in [2.45, 2.75) is 9.79 Å². The molecule has 4 aromatic carbocycles. The van der Waals surface area contributed by atoms with Gasteiger partial charge in [0.1, 0.15) is 11.5 Å². The maximum Gasteiger partial charge on any atom is 0.323 e. The summed E-state index contributed by atoms with van der Waals surface area (Å²) in [5.74, 6) is 0.508. The number of rotatable bonds is 10. The second-order valence-corrected chi connectivity index (χ2v) is 11.5. The first-order valence-corrected chi connectivity index (χ1v) is 15.2. The first kappa shape index (κ1) is 39.0. The molecule has 0 bridgehead atoms. The fourth-order valence-electron chi connectivity index (χ4n) is 3.61. The van der Waals surface area contributed by atoms with E-state index in [0.29, 0.717) is 22.7 Å². The van der Waals surface area contributed by atoms with Crippen molar-refractivity contribution < 1.29 is 40.2 Å². The summed E-state index contributed by atoms with van der Waals surface area (Å²) in [4.78, 5) is 12.1. The first-order chi connectivity index (χ1) is 20.9. The molecule has 0 atom stereocenters. The van der Waals surface area contributed by atoms with E-state index in [2.05, 4.69) is 31.1 Å². The number of azo groups is 2. The molecule has 0 aromatic heterocycles. The van der Waals surface area contributed by atoms with E-state index in [1.165, 1.54) is 74.9 Å². The quantitative estimate of drug-likeness (QED) is 0.0884. The van der Waals surface area contributed by atoms with Crippen molar-refractivity contribution in [3.05, 3.63) is 84.9 Å². The Hall–Kier alpha value is -3.23. The van der Waals surface area contributed by atoms with Gasteiger partial charge in [-0.2, -0.15) is 37.3 Å².